The van der Waals surface area contributed by atoms with Crippen molar-refractivity contribution in [2.45, 2.75) is 39.5 Å². The van der Waals surface area contributed by atoms with Gasteiger partial charge in [-0.15, -0.1) is 0 Å². The van der Waals surface area contributed by atoms with E-state index >= 15 is 0 Å². The van der Waals surface area contributed by atoms with E-state index in [1.165, 1.54) is 12.8 Å². The predicted molar refractivity (Wildman–Crippen MR) is 96.3 cm³/mol. The van der Waals surface area contributed by atoms with Crippen molar-refractivity contribution in [3.63, 3.8) is 0 Å². The van der Waals surface area contributed by atoms with Crippen LogP contribution in [0, 0.1) is 5.92 Å². The largest absolute Gasteiger partial charge is 0.356 e. The lowest BCUT2D eigenvalue weighted by atomic mass is 10.0. The van der Waals surface area contributed by atoms with E-state index in [0.29, 0.717) is 12.5 Å². The van der Waals surface area contributed by atoms with Crippen molar-refractivity contribution < 1.29 is 4.79 Å². The molecule has 0 radical (unpaired) electrons. The summed E-state index contributed by atoms with van der Waals surface area (Å²) in [5.74, 6) is 2.79. The maximum Gasteiger partial charge on any atom is 0.242 e. The van der Waals surface area contributed by atoms with Crippen molar-refractivity contribution in [2.75, 3.05) is 49.1 Å². The zero-order chi connectivity index (χ0) is 16.9. The number of nitrogens with zero attached hydrogens (tertiary/aromatic N) is 5. The molecule has 0 spiro atoms. The molecule has 2 saturated heterocycles. The smallest absolute Gasteiger partial charge is 0.242 e. The van der Waals surface area contributed by atoms with Crippen LogP contribution in [0.25, 0.3) is 0 Å². The van der Waals surface area contributed by atoms with E-state index in [9.17, 15) is 4.79 Å². The van der Waals surface area contributed by atoms with E-state index in [2.05, 4.69) is 39.7 Å². The van der Waals surface area contributed by atoms with Crippen LogP contribution in [0.2, 0.25) is 0 Å². The van der Waals surface area contributed by atoms with Crippen LogP contribution in [0.5, 0.6) is 0 Å². The molecule has 1 unspecified atom stereocenters. The molecular formula is C18H29N5O. The molecule has 0 bridgehead atoms. The van der Waals surface area contributed by atoms with Gasteiger partial charge >= 0.3 is 0 Å². The van der Waals surface area contributed by atoms with E-state index in [-0.39, 0.29) is 5.91 Å². The molecule has 3 heterocycles. The lowest BCUT2D eigenvalue weighted by Crippen LogP contribution is -2.38. The average molecular weight is 331 g/mol. The number of hydrogen-bond acceptors (Lipinski definition) is 5. The van der Waals surface area contributed by atoms with E-state index in [1.807, 2.05) is 4.90 Å². The number of aromatic nitrogens is 2. The maximum absolute atomic E-state index is 12.4. The third-order valence-corrected chi connectivity index (χ3v) is 4.97. The Hall–Kier alpha value is -1.85. The van der Waals surface area contributed by atoms with Gasteiger partial charge in [-0.3, -0.25) is 4.79 Å². The molecule has 0 saturated carbocycles. The second-order valence-corrected chi connectivity index (χ2v) is 7.08. The molecule has 0 aromatic carbocycles. The van der Waals surface area contributed by atoms with Crippen molar-refractivity contribution in [1.82, 2.24) is 14.9 Å². The number of piperidine rings is 1. The summed E-state index contributed by atoms with van der Waals surface area (Å²) < 4.78 is 0. The molecule has 6 nitrogen and oxygen atoms in total. The highest BCUT2D eigenvalue weighted by atomic mass is 16.2. The minimum atomic E-state index is 0.209. The van der Waals surface area contributed by atoms with Crippen LogP contribution in [-0.2, 0) is 4.79 Å². The number of amides is 1. The van der Waals surface area contributed by atoms with Crippen molar-refractivity contribution >= 4 is 17.5 Å². The minimum Gasteiger partial charge on any atom is -0.356 e. The number of carbonyl (C=O) groups excluding carboxylic acids is 1. The molecule has 6 heteroatoms. The molecule has 3 rings (SSSR count). The Bertz CT molecular complexity index is 564. The van der Waals surface area contributed by atoms with Gasteiger partial charge in [-0.05, 0) is 31.6 Å². The summed E-state index contributed by atoms with van der Waals surface area (Å²) in [4.78, 5) is 27.8. The van der Waals surface area contributed by atoms with Crippen molar-refractivity contribution in [3.05, 3.63) is 12.4 Å². The van der Waals surface area contributed by atoms with Gasteiger partial charge in [0.1, 0.15) is 18.0 Å². The highest BCUT2D eigenvalue weighted by Crippen LogP contribution is 2.24. The fourth-order valence-corrected chi connectivity index (χ4v) is 3.70. The van der Waals surface area contributed by atoms with Gasteiger partial charge in [-0.25, -0.2) is 9.97 Å². The van der Waals surface area contributed by atoms with Crippen LogP contribution in [-0.4, -0.2) is 60.0 Å². The van der Waals surface area contributed by atoms with Crippen molar-refractivity contribution in [1.29, 1.82) is 0 Å². The van der Waals surface area contributed by atoms with Gasteiger partial charge in [0.15, 0.2) is 0 Å². The lowest BCUT2D eigenvalue weighted by molar-refractivity contribution is -0.129. The Morgan fingerprint density at radius 3 is 2.62 bits per heavy atom. The number of anilines is 2. The van der Waals surface area contributed by atoms with Crippen LogP contribution < -0.4 is 9.80 Å². The molecule has 2 fully saturated rings. The number of rotatable bonds is 4. The first-order valence-electron chi connectivity index (χ1n) is 9.27. The molecule has 2 aliphatic heterocycles. The average Bonchev–Trinajstić information content (AvgIpc) is 2.77. The van der Waals surface area contributed by atoms with Crippen LogP contribution in [0.15, 0.2) is 12.4 Å². The third kappa shape index (κ3) is 3.97. The molecule has 2 aliphatic rings. The van der Waals surface area contributed by atoms with Crippen LogP contribution in [0.3, 0.4) is 0 Å². The maximum atomic E-state index is 12.4. The topological polar surface area (TPSA) is 52.6 Å². The van der Waals surface area contributed by atoms with Gasteiger partial charge in [-0.1, -0.05) is 13.8 Å². The van der Waals surface area contributed by atoms with E-state index in [4.69, 9.17) is 0 Å². The zero-order valence-corrected chi connectivity index (χ0v) is 14.9. The van der Waals surface area contributed by atoms with Crippen molar-refractivity contribution in [2.24, 2.45) is 5.92 Å². The third-order valence-electron chi connectivity index (χ3n) is 4.97. The summed E-state index contributed by atoms with van der Waals surface area (Å²) in [5.41, 5.74) is 0. The molecule has 1 aromatic heterocycles. The second-order valence-electron chi connectivity index (χ2n) is 7.08. The van der Waals surface area contributed by atoms with E-state index in [1.54, 1.807) is 6.33 Å². The molecule has 0 N–H and O–H groups in total. The molecule has 132 valence electrons. The molecule has 0 aliphatic carbocycles. The summed E-state index contributed by atoms with van der Waals surface area (Å²) in [6.45, 7) is 9.53. The van der Waals surface area contributed by atoms with Crippen LogP contribution >= 0.6 is 0 Å². The zero-order valence-electron chi connectivity index (χ0n) is 14.9. The summed E-state index contributed by atoms with van der Waals surface area (Å²) in [7, 11) is 0. The van der Waals surface area contributed by atoms with E-state index < -0.39 is 0 Å². The standard InChI is InChI=1S/C18H29N5O/c1-3-7-21-9-5-10-23(13-18(21)24)17-11-16(19-14-20-17)22-8-4-6-15(2)12-22/h11,14-15H,3-10,12-13H2,1-2H3. The normalized spacial score (nSPS) is 22.7. The highest BCUT2D eigenvalue weighted by Gasteiger charge is 2.23. The van der Waals surface area contributed by atoms with Gasteiger partial charge in [0.2, 0.25) is 5.91 Å². The molecule has 1 atom stereocenters. The summed E-state index contributed by atoms with van der Waals surface area (Å²) in [5, 5.41) is 0. The Morgan fingerprint density at radius 2 is 1.88 bits per heavy atom. The molecule has 1 amide bonds. The van der Waals surface area contributed by atoms with Gasteiger partial charge in [0, 0.05) is 38.8 Å². The molecule has 1 aromatic rings. The minimum absolute atomic E-state index is 0.209. The molecule has 24 heavy (non-hydrogen) atoms. The quantitative estimate of drug-likeness (QED) is 0.846. The van der Waals surface area contributed by atoms with Gasteiger partial charge in [0.05, 0.1) is 6.54 Å². The van der Waals surface area contributed by atoms with Gasteiger partial charge in [0.25, 0.3) is 0 Å². The Morgan fingerprint density at radius 1 is 1.12 bits per heavy atom. The first-order chi connectivity index (χ1) is 11.7. The fourth-order valence-electron chi connectivity index (χ4n) is 3.70. The highest BCUT2D eigenvalue weighted by molar-refractivity contribution is 5.81. The van der Waals surface area contributed by atoms with Crippen LogP contribution in [0.4, 0.5) is 11.6 Å². The Balaban J connectivity index is 1.72. The Kier molecular flexibility index (Phi) is 5.53. The fraction of sp³-hybridized carbons (Fsp3) is 0.722. The van der Waals surface area contributed by atoms with Gasteiger partial charge in [-0.2, -0.15) is 0 Å². The molecular weight excluding hydrogens is 302 g/mol. The van der Waals surface area contributed by atoms with Crippen LogP contribution in [0.1, 0.15) is 39.5 Å². The van der Waals surface area contributed by atoms with Crippen molar-refractivity contribution in [3.8, 4) is 0 Å². The number of carbonyl (C=O) groups is 1. The SMILES string of the molecule is CCCN1CCCN(c2cc(N3CCCC(C)C3)ncn2)CC1=O. The summed E-state index contributed by atoms with van der Waals surface area (Å²) >= 11 is 0. The monoisotopic (exact) mass is 331 g/mol. The first-order valence-corrected chi connectivity index (χ1v) is 9.27. The van der Waals surface area contributed by atoms with E-state index in [0.717, 1.165) is 57.2 Å². The predicted octanol–water partition coefficient (Wildman–Crippen LogP) is 2.16. The summed E-state index contributed by atoms with van der Waals surface area (Å²) in [6, 6.07) is 2.06. The summed E-state index contributed by atoms with van der Waals surface area (Å²) in [6.07, 6.45) is 6.16. The first kappa shape index (κ1) is 17.0. The van der Waals surface area contributed by atoms with Gasteiger partial charge < -0.3 is 14.7 Å². The lowest BCUT2D eigenvalue weighted by Gasteiger charge is -2.32. The second kappa shape index (κ2) is 7.81. The number of hydrogen-bond donors (Lipinski definition) is 0. The Labute approximate surface area is 144 Å².